The zero-order chi connectivity index (χ0) is 25.7. The van der Waals surface area contributed by atoms with E-state index in [0.717, 1.165) is 12.1 Å². The van der Waals surface area contributed by atoms with Gasteiger partial charge in [0.1, 0.15) is 0 Å². The lowest BCUT2D eigenvalue weighted by Crippen LogP contribution is -2.23. The summed E-state index contributed by atoms with van der Waals surface area (Å²) in [6, 6.07) is 9.59. The third-order valence-electron chi connectivity index (χ3n) is 4.75. The van der Waals surface area contributed by atoms with E-state index in [4.69, 9.17) is 5.14 Å². The Morgan fingerprint density at radius 2 is 1.00 bits per heavy atom. The first kappa shape index (κ1) is 25.6. The summed E-state index contributed by atoms with van der Waals surface area (Å²) in [6.07, 6.45) is -17.5. The molecule has 0 aliphatic heterocycles. The van der Waals surface area contributed by atoms with Crippen molar-refractivity contribution in [2.45, 2.75) is 23.4 Å². The molecule has 0 spiro atoms. The summed E-state index contributed by atoms with van der Waals surface area (Å²) in [5, 5.41) is 5.16. The van der Waals surface area contributed by atoms with Crippen molar-refractivity contribution in [2.24, 2.45) is 5.14 Å². The summed E-state index contributed by atoms with van der Waals surface area (Å²) in [6.45, 7) is 0. The Kier molecular flexibility index (Phi) is 6.25. The van der Waals surface area contributed by atoms with Gasteiger partial charge in [-0.05, 0) is 34.9 Å². The van der Waals surface area contributed by atoms with E-state index in [9.17, 15) is 47.9 Å². The molecule has 2 N–H and O–H groups in total. The van der Waals surface area contributed by atoms with Gasteiger partial charge in [0, 0.05) is 5.56 Å². The Labute approximate surface area is 186 Å². The molecule has 0 aliphatic rings. The Bertz CT molecular complexity index is 1310. The summed E-state index contributed by atoms with van der Waals surface area (Å²) >= 11 is 0. The van der Waals surface area contributed by atoms with E-state index in [1.807, 2.05) is 0 Å². The molecule has 0 aromatic heterocycles. The number of hydrogen-bond donors (Lipinski definition) is 1. The highest BCUT2D eigenvalue weighted by Crippen LogP contribution is 2.49. The number of nitrogens with two attached hydrogens (primary N) is 1. The number of primary sulfonamides is 1. The Balaban J connectivity index is 2.46. The number of rotatable bonds is 3. The van der Waals surface area contributed by atoms with Gasteiger partial charge >= 0.3 is 18.5 Å². The van der Waals surface area contributed by atoms with E-state index < -0.39 is 55.7 Å². The summed E-state index contributed by atoms with van der Waals surface area (Å²) in [7, 11) is -4.38. The standard InChI is InChI=1S/C21H12F9NO2S/c22-19(23,24)15-9-11(10-16(20(25,26)27)18(15)21(28,29)30)12-5-1-2-6-13(12)14-7-3-4-8-17(14)34(31,32)33/h1-10H,(H2,31,32,33). The highest BCUT2D eigenvalue weighted by molar-refractivity contribution is 7.89. The fraction of sp³-hybridized carbons (Fsp3) is 0.143. The van der Waals surface area contributed by atoms with Crippen LogP contribution in [-0.2, 0) is 28.6 Å². The van der Waals surface area contributed by atoms with Gasteiger partial charge in [-0.15, -0.1) is 0 Å². The van der Waals surface area contributed by atoms with Gasteiger partial charge in [-0.1, -0.05) is 42.5 Å². The zero-order valence-corrected chi connectivity index (χ0v) is 17.3. The van der Waals surface area contributed by atoms with Crippen molar-refractivity contribution < 1.29 is 47.9 Å². The van der Waals surface area contributed by atoms with E-state index in [-0.39, 0.29) is 28.8 Å². The second kappa shape index (κ2) is 8.31. The van der Waals surface area contributed by atoms with E-state index >= 15 is 0 Å². The predicted octanol–water partition coefficient (Wildman–Crippen LogP) is 6.72. The fourth-order valence-corrected chi connectivity index (χ4v) is 4.21. The number of alkyl halides is 9. The van der Waals surface area contributed by atoms with Gasteiger partial charge in [-0.2, -0.15) is 39.5 Å². The van der Waals surface area contributed by atoms with E-state index in [1.165, 1.54) is 36.4 Å². The molecule has 0 saturated carbocycles. The molecule has 0 amide bonds. The van der Waals surface area contributed by atoms with E-state index in [2.05, 4.69) is 0 Å². The average Bonchev–Trinajstić information content (AvgIpc) is 2.70. The number of hydrogen-bond acceptors (Lipinski definition) is 2. The van der Waals surface area contributed by atoms with Crippen molar-refractivity contribution >= 4 is 10.0 Å². The molecular formula is C21H12F9NO2S. The van der Waals surface area contributed by atoms with Crippen LogP contribution in [0, 0.1) is 0 Å². The lowest BCUT2D eigenvalue weighted by atomic mass is 9.89. The van der Waals surface area contributed by atoms with E-state index in [0.29, 0.717) is 0 Å². The van der Waals surface area contributed by atoms with Crippen molar-refractivity contribution in [3.8, 4) is 22.3 Å². The first-order valence-corrected chi connectivity index (χ1v) is 10.6. The molecule has 3 aromatic rings. The molecule has 0 aliphatic carbocycles. The molecule has 3 rings (SSSR count). The minimum absolute atomic E-state index is 0.0452. The maximum Gasteiger partial charge on any atom is 0.417 e. The van der Waals surface area contributed by atoms with Crippen LogP contribution < -0.4 is 5.14 Å². The van der Waals surface area contributed by atoms with Crippen LogP contribution in [0.1, 0.15) is 16.7 Å². The molecule has 3 aromatic carbocycles. The van der Waals surface area contributed by atoms with Crippen molar-refractivity contribution in [2.75, 3.05) is 0 Å². The van der Waals surface area contributed by atoms with Gasteiger partial charge in [0.15, 0.2) is 0 Å². The van der Waals surface area contributed by atoms with Crippen molar-refractivity contribution in [1.29, 1.82) is 0 Å². The molecule has 0 radical (unpaired) electrons. The van der Waals surface area contributed by atoms with Gasteiger partial charge in [0.25, 0.3) is 0 Å². The minimum atomic E-state index is -5.96. The van der Waals surface area contributed by atoms with E-state index in [1.54, 1.807) is 0 Å². The number of halogens is 9. The first-order valence-electron chi connectivity index (χ1n) is 9.03. The van der Waals surface area contributed by atoms with Crippen molar-refractivity contribution in [3.63, 3.8) is 0 Å². The molecule has 34 heavy (non-hydrogen) atoms. The van der Waals surface area contributed by atoms with Gasteiger partial charge in [0.2, 0.25) is 10.0 Å². The average molecular weight is 513 g/mol. The van der Waals surface area contributed by atoms with Crippen LogP contribution in [0.3, 0.4) is 0 Å². The van der Waals surface area contributed by atoms with Gasteiger partial charge in [-0.25, -0.2) is 13.6 Å². The maximum absolute atomic E-state index is 13.5. The molecule has 0 heterocycles. The fourth-order valence-electron chi connectivity index (χ4n) is 3.46. The van der Waals surface area contributed by atoms with Crippen LogP contribution in [-0.4, -0.2) is 8.42 Å². The van der Waals surface area contributed by atoms with Gasteiger partial charge < -0.3 is 0 Å². The lowest BCUT2D eigenvalue weighted by Gasteiger charge is -2.23. The second-order valence-corrected chi connectivity index (χ2v) is 8.56. The quantitative estimate of drug-likeness (QED) is 0.395. The molecule has 0 saturated heterocycles. The molecule has 13 heteroatoms. The Morgan fingerprint density at radius 1 is 0.588 bits per heavy atom. The Morgan fingerprint density at radius 3 is 1.41 bits per heavy atom. The van der Waals surface area contributed by atoms with Crippen LogP contribution in [0.25, 0.3) is 22.3 Å². The van der Waals surface area contributed by atoms with Crippen LogP contribution in [0.15, 0.2) is 65.6 Å². The second-order valence-electron chi connectivity index (χ2n) is 7.03. The highest BCUT2D eigenvalue weighted by atomic mass is 32.2. The molecule has 0 fully saturated rings. The van der Waals surface area contributed by atoms with Crippen molar-refractivity contribution in [3.05, 3.63) is 77.4 Å². The molecule has 182 valence electrons. The third kappa shape index (κ3) is 5.04. The van der Waals surface area contributed by atoms with Crippen LogP contribution >= 0.6 is 0 Å². The zero-order valence-electron chi connectivity index (χ0n) is 16.5. The maximum atomic E-state index is 13.5. The molecule has 3 nitrogen and oxygen atoms in total. The first-order chi connectivity index (χ1) is 15.4. The van der Waals surface area contributed by atoms with Crippen molar-refractivity contribution in [1.82, 2.24) is 0 Å². The third-order valence-corrected chi connectivity index (χ3v) is 5.72. The molecule has 0 unspecified atom stereocenters. The summed E-state index contributed by atoms with van der Waals surface area (Å²) in [5.74, 6) is 0. The highest BCUT2D eigenvalue weighted by Gasteiger charge is 2.50. The van der Waals surface area contributed by atoms with Crippen LogP contribution in [0.5, 0.6) is 0 Å². The Hall–Kier alpha value is -3.06. The van der Waals surface area contributed by atoms with Crippen LogP contribution in [0.2, 0.25) is 0 Å². The number of sulfonamides is 1. The SMILES string of the molecule is NS(=O)(=O)c1ccccc1-c1ccccc1-c1cc(C(F)(F)F)c(C(F)(F)F)c(C(F)(F)F)c1. The molecule has 0 bridgehead atoms. The minimum Gasteiger partial charge on any atom is -0.225 e. The molecular weight excluding hydrogens is 501 g/mol. The lowest BCUT2D eigenvalue weighted by molar-refractivity contribution is -0.174. The monoisotopic (exact) mass is 513 g/mol. The number of benzene rings is 3. The smallest absolute Gasteiger partial charge is 0.225 e. The topological polar surface area (TPSA) is 60.2 Å². The largest absolute Gasteiger partial charge is 0.417 e. The van der Waals surface area contributed by atoms with Gasteiger partial charge in [-0.3, -0.25) is 0 Å². The van der Waals surface area contributed by atoms with Crippen LogP contribution in [0.4, 0.5) is 39.5 Å². The summed E-state index contributed by atoms with van der Waals surface area (Å²) in [4.78, 5) is -0.485. The molecule has 0 atom stereocenters. The predicted molar refractivity (Wildman–Crippen MR) is 104 cm³/mol. The summed E-state index contributed by atoms with van der Waals surface area (Å²) in [5.41, 5.74) is -9.47. The summed E-state index contributed by atoms with van der Waals surface area (Å²) < 4.78 is 145. The normalized spacial score (nSPS) is 13.2. The van der Waals surface area contributed by atoms with Gasteiger partial charge in [0.05, 0.1) is 21.6 Å².